The van der Waals surface area contributed by atoms with Crippen molar-refractivity contribution in [1.82, 2.24) is 25.0 Å². The van der Waals surface area contributed by atoms with Crippen LogP contribution in [0.15, 0.2) is 0 Å². The molecule has 4 atom stereocenters. The molecule has 4 heterocycles. The fourth-order valence-electron chi connectivity index (χ4n) is 5.73. The molecule has 6 nitrogen and oxygen atoms in total. The molecular weight excluding hydrogens is 338 g/mol. The van der Waals surface area contributed by atoms with Crippen LogP contribution in [-0.4, -0.2) is 62.6 Å². The summed E-state index contributed by atoms with van der Waals surface area (Å²) in [6.45, 7) is 9.65. The predicted octanol–water partition coefficient (Wildman–Crippen LogP) is 2.79. The molecule has 1 aromatic heterocycles. The van der Waals surface area contributed by atoms with Crippen molar-refractivity contribution in [2.45, 2.75) is 77.8 Å². The number of carbonyl (C=O) groups excluding carboxylic acids is 1. The summed E-state index contributed by atoms with van der Waals surface area (Å²) in [6.07, 6.45) is 8.23. The van der Waals surface area contributed by atoms with E-state index in [1.165, 1.54) is 45.1 Å². The van der Waals surface area contributed by atoms with Crippen molar-refractivity contribution < 1.29 is 4.79 Å². The summed E-state index contributed by atoms with van der Waals surface area (Å²) in [7, 11) is 0. The Morgan fingerprint density at radius 2 is 2.07 bits per heavy atom. The van der Waals surface area contributed by atoms with Gasteiger partial charge in [0.1, 0.15) is 5.82 Å². The smallest absolute Gasteiger partial charge is 0.230 e. The molecule has 0 unspecified atom stereocenters. The molecular formula is C21H35N5O. The number of fused-ring (bicyclic) bond motifs is 4. The van der Waals surface area contributed by atoms with Crippen LogP contribution in [0.25, 0.3) is 0 Å². The van der Waals surface area contributed by atoms with Crippen molar-refractivity contribution in [2.24, 2.45) is 17.8 Å². The highest BCUT2D eigenvalue weighted by atomic mass is 16.2. The minimum Gasteiger partial charge on any atom is -0.342 e. The van der Waals surface area contributed by atoms with Gasteiger partial charge in [-0.15, -0.1) is 0 Å². The number of hydrogen-bond acceptors (Lipinski definition) is 4. The second-order valence-electron chi connectivity index (χ2n) is 9.41. The molecule has 3 saturated heterocycles. The summed E-state index contributed by atoms with van der Waals surface area (Å²) in [6, 6.07) is 1.35. The zero-order chi connectivity index (χ0) is 19.0. The van der Waals surface area contributed by atoms with Gasteiger partial charge in [-0.3, -0.25) is 14.8 Å². The van der Waals surface area contributed by atoms with Crippen LogP contribution in [0.2, 0.25) is 0 Å². The summed E-state index contributed by atoms with van der Waals surface area (Å²) >= 11 is 0. The first-order valence-corrected chi connectivity index (χ1v) is 10.9. The largest absolute Gasteiger partial charge is 0.342 e. The topological polar surface area (TPSA) is 65.1 Å². The molecule has 150 valence electrons. The third-order valence-electron chi connectivity index (χ3n) is 6.97. The van der Waals surface area contributed by atoms with Crippen LogP contribution in [0.5, 0.6) is 0 Å². The first kappa shape index (κ1) is 18.9. The molecule has 6 heteroatoms. The molecule has 4 rings (SSSR count). The molecule has 0 saturated carbocycles. The number of aromatic nitrogens is 3. The first-order chi connectivity index (χ1) is 13.0. The van der Waals surface area contributed by atoms with E-state index in [4.69, 9.17) is 0 Å². The van der Waals surface area contributed by atoms with Crippen LogP contribution >= 0.6 is 0 Å². The maximum absolute atomic E-state index is 13.0. The fourth-order valence-corrected chi connectivity index (χ4v) is 5.73. The number of aromatic amines is 1. The van der Waals surface area contributed by atoms with Crippen molar-refractivity contribution >= 4 is 5.91 Å². The quantitative estimate of drug-likeness (QED) is 0.862. The summed E-state index contributed by atoms with van der Waals surface area (Å²) in [5, 5.41) is 7.01. The number of hydrogen-bond donors (Lipinski definition) is 1. The van der Waals surface area contributed by atoms with E-state index < -0.39 is 0 Å². The lowest BCUT2D eigenvalue weighted by Gasteiger charge is -2.57. The SMILES string of the molecule is Cc1nc(CC(=O)N2C[C@H]3C[C@@H](C2)[C@H](CCC(C)C)N2CCCC[C@@H]32)n[nH]1. The molecule has 3 aliphatic rings. The van der Waals surface area contributed by atoms with Gasteiger partial charge in [-0.05, 0) is 63.3 Å². The predicted molar refractivity (Wildman–Crippen MR) is 105 cm³/mol. The number of rotatable bonds is 5. The summed E-state index contributed by atoms with van der Waals surface area (Å²) in [4.78, 5) is 22.3. The maximum Gasteiger partial charge on any atom is 0.230 e. The lowest BCUT2D eigenvalue weighted by Crippen LogP contribution is -2.64. The van der Waals surface area contributed by atoms with E-state index in [2.05, 4.69) is 38.8 Å². The number of nitrogens with zero attached hydrogens (tertiary/aromatic N) is 4. The van der Waals surface area contributed by atoms with Gasteiger partial charge in [0.15, 0.2) is 5.82 Å². The number of H-pyrrole nitrogens is 1. The molecule has 2 bridgehead atoms. The number of piperidine rings is 3. The van der Waals surface area contributed by atoms with Crippen molar-refractivity contribution in [3.63, 3.8) is 0 Å². The number of likely N-dealkylation sites (tertiary alicyclic amines) is 1. The van der Waals surface area contributed by atoms with Gasteiger partial charge in [0.2, 0.25) is 5.91 Å². The summed E-state index contributed by atoms with van der Waals surface area (Å²) in [5.41, 5.74) is 0. The van der Waals surface area contributed by atoms with Crippen LogP contribution in [0.4, 0.5) is 0 Å². The molecule has 1 N–H and O–H groups in total. The summed E-state index contributed by atoms with van der Waals surface area (Å²) in [5.74, 6) is 3.65. The Balaban J connectivity index is 1.48. The Bertz CT molecular complexity index is 657. The maximum atomic E-state index is 13.0. The standard InChI is InChI=1S/C21H35N5O/c1-14(2)7-8-19-17-10-16(18-6-4-5-9-26(18)19)12-25(13-17)21(27)11-20-22-15(3)23-24-20/h14,16-19H,4-13H2,1-3H3,(H,22,23,24)/t16-,17+,18+,19+/m1/s1. The third-order valence-corrected chi connectivity index (χ3v) is 6.97. The van der Waals surface area contributed by atoms with Gasteiger partial charge in [0.05, 0.1) is 6.42 Å². The Labute approximate surface area is 163 Å². The second-order valence-corrected chi connectivity index (χ2v) is 9.41. The van der Waals surface area contributed by atoms with E-state index in [0.29, 0.717) is 36.2 Å². The van der Waals surface area contributed by atoms with Gasteiger partial charge >= 0.3 is 0 Å². The lowest BCUT2D eigenvalue weighted by atomic mass is 9.71. The molecule has 1 amide bonds. The Hall–Kier alpha value is -1.43. The van der Waals surface area contributed by atoms with E-state index in [-0.39, 0.29) is 5.91 Å². The molecule has 0 aromatic carbocycles. The molecule has 1 aromatic rings. The van der Waals surface area contributed by atoms with Crippen LogP contribution in [0, 0.1) is 24.7 Å². The van der Waals surface area contributed by atoms with Crippen LogP contribution in [0.1, 0.15) is 64.0 Å². The van der Waals surface area contributed by atoms with E-state index in [1.807, 2.05) is 6.92 Å². The van der Waals surface area contributed by atoms with E-state index in [0.717, 1.165) is 24.8 Å². The Morgan fingerprint density at radius 1 is 1.26 bits per heavy atom. The zero-order valence-electron chi connectivity index (χ0n) is 17.2. The van der Waals surface area contributed by atoms with Gasteiger partial charge in [0.25, 0.3) is 0 Å². The molecule has 0 radical (unpaired) electrons. The van der Waals surface area contributed by atoms with Gasteiger partial charge in [-0.2, -0.15) is 5.10 Å². The molecule has 0 spiro atoms. The fraction of sp³-hybridized carbons (Fsp3) is 0.857. The number of amides is 1. The normalized spacial score (nSPS) is 31.2. The Morgan fingerprint density at radius 3 is 2.81 bits per heavy atom. The third kappa shape index (κ3) is 4.05. The average molecular weight is 374 g/mol. The highest BCUT2D eigenvalue weighted by Crippen LogP contribution is 2.42. The van der Waals surface area contributed by atoms with Gasteiger partial charge in [-0.1, -0.05) is 20.3 Å². The highest BCUT2D eigenvalue weighted by molar-refractivity contribution is 5.78. The first-order valence-electron chi connectivity index (χ1n) is 10.9. The average Bonchev–Trinajstić information content (AvgIpc) is 3.06. The number of carbonyl (C=O) groups is 1. The monoisotopic (exact) mass is 373 g/mol. The van der Waals surface area contributed by atoms with E-state index in [1.54, 1.807) is 0 Å². The van der Waals surface area contributed by atoms with Crippen molar-refractivity contribution in [3.05, 3.63) is 11.6 Å². The highest BCUT2D eigenvalue weighted by Gasteiger charge is 2.47. The van der Waals surface area contributed by atoms with Crippen molar-refractivity contribution in [1.29, 1.82) is 0 Å². The summed E-state index contributed by atoms with van der Waals surface area (Å²) < 4.78 is 0. The molecule has 3 aliphatic heterocycles. The zero-order valence-corrected chi connectivity index (χ0v) is 17.2. The Kier molecular flexibility index (Phi) is 5.53. The van der Waals surface area contributed by atoms with Crippen molar-refractivity contribution in [3.8, 4) is 0 Å². The van der Waals surface area contributed by atoms with E-state index in [9.17, 15) is 4.79 Å². The molecule has 27 heavy (non-hydrogen) atoms. The second kappa shape index (κ2) is 7.90. The number of aryl methyl sites for hydroxylation is 1. The number of nitrogens with one attached hydrogen (secondary N) is 1. The van der Waals surface area contributed by atoms with Crippen LogP contribution in [0.3, 0.4) is 0 Å². The minimum absolute atomic E-state index is 0.204. The van der Waals surface area contributed by atoms with Crippen LogP contribution in [-0.2, 0) is 11.2 Å². The lowest BCUT2D eigenvalue weighted by molar-refractivity contribution is -0.140. The van der Waals surface area contributed by atoms with Gasteiger partial charge in [0, 0.05) is 25.2 Å². The molecule has 0 aliphatic carbocycles. The van der Waals surface area contributed by atoms with Gasteiger partial charge in [-0.25, -0.2) is 4.98 Å². The van der Waals surface area contributed by atoms with E-state index >= 15 is 0 Å². The molecule has 3 fully saturated rings. The van der Waals surface area contributed by atoms with Crippen molar-refractivity contribution in [2.75, 3.05) is 19.6 Å². The minimum atomic E-state index is 0.204. The van der Waals surface area contributed by atoms with Crippen LogP contribution < -0.4 is 0 Å². The van der Waals surface area contributed by atoms with Gasteiger partial charge < -0.3 is 4.90 Å².